The summed E-state index contributed by atoms with van der Waals surface area (Å²) in [5.41, 5.74) is 1.61. The Morgan fingerprint density at radius 1 is 1.32 bits per heavy atom. The molecule has 0 bridgehead atoms. The number of carbonyl (C=O) groups is 1. The van der Waals surface area contributed by atoms with Crippen LogP contribution in [0, 0.1) is 0 Å². The smallest absolute Gasteiger partial charge is 0.176 e. The molecule has 0 amide bonds. The second-order valence-corrected chi connectivity index (χ2v) is 5.00. The molecule has 0 aromatic heterocycles. The van der Waals surface area contributed by atoms with Crippen molar-refractivity contribution in [2.24, 2.45) is 0 Å². The summed E-state index contributed by atoms with van der Waals surface area (Å²) < 4.78 is 10.6. The fraction of sp³-hybridized carbons (Fsp3) is 0.400. The van der Waals surface area contributed by atoms with Gasteiger partial charge in [0.1, 0.15) is 0 Å². The number of carbonyl (C=O) groups excluding carboxylic acids is 1. The molecule has 1 aliphatic rings. The highest BCUT2D eigenvalue weighted by Crippen LogP contribution is 2.34. The molecule has 0 saturated heterocycles. The predicted octanol–water partition coefficient (Wildman–Crippen LogP) is 3.45. The minimum atomic E-state index is -0.392. The van der Waals surface area contributed by atoms with Crippen LogP contribution in [0.1, 0.15) is 24.8 Å². The highest BCUT2D eigenvalue weighted by Gasteiger charge is 2.24. The van der Waals surface area contributed by atoms with E-state index in [0.29, 0.717) is 11.5 Å². The zero-order valence-electron chi connectivity index (χ0n) is 11.1. The highest BCUT2D eigenvalue weighted by molar-refractivity contribution is 6.34. The zero-order chi connectivity index (χ0) is 13.8. The van der Waals surface area contributed by atoms with Crippen LogP contribution in [0.3, 0.4) is 0 Å². The third-order valence-corrected chi connectivity index (χ3v) is 3.68. The van der Waals surface area contributed by atoms with Crippen molar-refractivity contribution in [3.63, 3.8) is 0 Å². The summed E-state index contributed by atoms with van der Waals surface area (Å²) >= 11 is 6.01. The Morgan fingerprint density at radius 3 is 2.79 bits per heavy atom. The van der Waals surface area contributed by atoms with Crippen LogP contribution in [0.4, 0.5) is 0 Å². The van der Waals surface area contributed by atoms with Crippen molar-refractivity contribution in [1.82, 2.24) is 0 Å². The third kappa shape index (κ3) is 2.92. The number of ether oxygens (including phenoxy) is 2. The molecule has 1 fully saturated rings. The van der Waals surface area contributed by atoms with Crippen LogP contribution in [0.2, 0.25) is 0 Å². The first kappa shape index (κ1) is 13.9. The summed E-state index contributed by atoms with van der Waals surface area (Å²) in [6.07, 6.45) is 4.33. The van der Waals surface area contributed by atoms with Gasteiger partial charge in [-0.2, -0.15) is 0 Å². The Kier molecular flexibility index (Phi) is 4.48. The zero-order valence-corrected chi connectivity index (χ0v) is 11.9. The van der Waals surface area contributed by atoms with Crippen molar-refractivity contribution in [3.8, 4) is 11.5 Å². The van der Waals surface area contributed by atoms with Gasteiger partial charge in [-0.25, -0.2) is 0 Å². The first-order valence-electron chi connectivity index (χ1n) is 6.27. The van der Waals surface area contributed by atoms with Gasteiger partial charge in [0.05, 0.1) is 19.6 Å². The van der Waals surface area contributed by atoms with E-state index in [2.05, 4.69) is 0 Å². The molecule has 0 aliphatic heterocycles. The highest BCUT2D eigenvalue weighted by atomic mass is 35.5. The number of methoxy groups -OCH3 is 2. The normalized spacial score (nSPS) is 21.5. The summed E-state index contributed by atoms with van der Waals surface area (Å²) in [7, 11) is 3.18. The number of hydrogen-bond donors (Lipinski definition) is 0. The molecule has 1 aromatic carbocycles. The van der Waals surface area contributed by atoms with E-state index in [4.69, 9.17) is 21.1 Å². The Bertz CT molecular complexity index is 508. The van der Waals surface area contributed by atoms with E-state index in [1.165, 1.54) is 0 Å². The van der Waals surface area contributed by atoms with Gasteiger partial charge in [-0.15, -0.1) is 11.6 Å². The molecule has 1 atom stereocenters. The first-order chi connectivity index (χ1) is 9.17. The molecule has 1 unspecified atom stereocenters. The van der Waals surface area contributed by atoms with Crippen LogP contribution < -0.4 is 9.47 Å². The van der Waals surface area contributed by atoms with E-state index < -0.39 is 5.38 Å². The van der Waals surface area contributed by atoms with Crippen molar-refractivity contribution >= 4 is 23.5 Å². The number of ketones is 1. The number of rotatable bonds is 3. The molecule has 2 rings (SSSR count). The average Bonchev–Trinajstić information content (AvgIpc) is 2.43. The number of alkyl halides is 1. The van der Waals surface area contributed by atoms with Gasteiger partial charge in [-0.1, -0.05) is 12.1 Å². The van der Waals surface area contributed by atoms with Crippen molar-refractivity contribution in [2.75, 3.05) is 14.2 Å². The van der Waals surface area contributed by atoms with E-state index in [-0.39, 0.29) is 5.78 Å². The monoisotopic (exact) mass is 280 g/mol. The number of para-hydroxylation sites is 1. The second kappa shape index (κ2) is 6.11. The molecule has 0 N–H and O–H groups in total. The summed E-state index contributed by atoms with van der Waals surface area (Å²) in [5.74, 6) is 1.32. The van der Waals surface area contributed by atoms with Crippen LogP contribution in [0.25, 0.3) is 6.08 Å². The summed E-state index contributed by atoms with van der Waals surface area (Å²) in [6.45, 7) is 0. The second-order valence-electron chi connectivity index (χ2n) is 4.48. The Balaban J connectivity index is 2.39. The lowest BCUT2D eigenvalue weighted by Gasteiger charge is -2.18. The van der Waals surface area contributed by atoms with E-state index in [0.717, 1.165) is 30.4 Å². The largest absolute Gasteiger partial charge is 0.493 e. The number of benzene rings is 1. The SMILES string of the molecule is COc1cccc(C=C2CCCC(Cl)C2=O)c1OC. The summed E-state index contributed by atoms with van der Waals surface area (Å²) in [4.78, 5) is 12.0. The molecular weight excluding hydrogens is 264 g/mol. The maximum absolute atomic E-state index is 12.0. The summed E-state index contributed by atoms with van der Waals surface area (Å²) in [5, 5.41) is -0.392. The van der Waals surface area contributed by atoms with Crippen LogP contribution in [-0.4, -0.2) is 25.4 Å². The predicted molar refractivity (Wildman–Crippen MR) is 76.0 cm³/mol. The van der Waals surface area contributed by atoms with Gasteiger partial charge < -0.3 is 9.47 Å². The van der Waals surface area contributed by atoms with Gasteiger partial charge in [0, 0.05) is 5.56 Å². The minimum absolute atomic E-state index is 0.0257. The quantitative estimate of drug-likeness (QED) is 0.628. The minimum Gasteiger partial charge on any atom is -0.493 e. The molecule has 1 saturated carbocycles. The van der Waals surface area contributed by atoms with Crippen molar-refractivity contribution in [2.45, 2.75) is 24.6 Å². The van der Waals surface area contributed by atoms with Crippen molar-refractivity contribution in [3.05, 3.63) is 29.3 Å². The fourth-order valence-electron chi connectivity index (χ4n) is 2.28. The molecule has 4 heteroatoms. The standard InChI is InChI=1S/C15H17ClO3/c1-18-13-8-4-6-11(15(13)19-2)9-10-5-3-7-12(16)14(10)17/h4,6,8-9,12H,3,5,7H2,1-2H3. The van der Waals surface area contributed by atoms with E-state index in [1.54, 1.807) is 14.2 Å². The van der Waals surface area contributed by atoms with E-state index >= 15 is 0 Å². The molecule has 0 radical (unpaired) electrons. The number of halogens is 1. The van der Waals surface area contributed by atoms with Crippen LogP contribution in [0.5, 0.6) is 11.5 Å². The molecule has 3 nitrogen and oxygen atoms in total. The van der Waals surface area contributed by atoms with Gasteiger partial charge >= 0.3 is 0 Å². The molecule has 19 heavy (non-hydrogen) atoms. The van der Waals surface area contributed by atoms with E-state index in [9.17, 15) is 4.79 Å². The van der Waals surface area contributed by atoms with E-state index in [1.807, 2.05) is 24.3 Å². The maximum atomic E-state index is 12.0. The summed E-state index contributed by atoms with van der Waals surface area (Å²) in [6, 6.07) is 5.60. The lowest BCUT2D eigenvalue weighted by Crippen LogP contribution is -2.21. The molecule has 102 valence electrons. The number of hydrogen-bond acceptors (Lipinski definition) is 3. The van der Waals surface area contributed by atoms with Crippen LogP contribution >= 0.6 is 11.6 Å². The van der Waals surface area contributed by atoms with Gasteiger partial charge in [-0.3, -0.25) is 4.79 Å². The number of allylic oxidation sites excluding steroid dienone is 1. The fourth-order valence-corrected chi connectivity index (χ4v) is 2.58. The number of Topliss-reactive ketones (excluding diaryl/α,β-unsaturated/α-hetero) is 1. The van der Waals surface area contributed by atoms with Gasteiger partial charge in [0.15, 0.2) is 17.3 Å². The van der Waals surface area contributed by atoms with Crippen molar-refractivity contribution in [1.29, 1.82) is 0 Å². The Labute approximate surface area is 118 Å². The third-order valence-electron chi connectivity index (χ3n) is 3.27. The Hall–Kier alpha value is -1.48. The topological polar surface area (TPSA) is 35.5 Å². The molecule has 0 spiro atoms. The lowest BCUT2D eigenvalue weighted by atomic mass is 9.91. The van der Waals surface area contributed by atoms with Gasteiger partial charge in [-0.05, 0) is 37.0 Å². The molecule has 0 heterocycles. The molecular formula is C15H17ClO3. The molecule has 1 aliphatic carbocycles. The lowest BCUT2D eigenvalue weighted by molar-refractivity contribution is -0.116. The van der Waals surface area contributed by atoms with Crippen molar-refractivity contribution < 1.29 is 14.3 Å². The van der Waals surface area contributed by atoms with Crippen LogP contribution in [0.15, 0.2) is 23.8 Å². The van der Waals surface area contributed by atoms with Crippen LogP contribution in [-0.2, 0) is 4.79 Å². The van der Waals surface area contributed by atoms with Gasteiger partial charge in [0.2, 0.25) is 0 Å². The Morgan fingerprint density at radius 2 is 2.11 bits per heavy atom. The average molecular weight is 281 g/mol. The first-order valence-corrected chi connectivity index (χ1v) is 6.71. The molecule has 1 aromatic rings. The maximum Gasteiger partial charge on any atom is 0.176 e. The van der Waals surface area contributed by atoms with Gasteiger partial charge in [0.25, 0.3) is 0 Å².